The number of aryl methyl sites for hydroxylation is 2. The Morgan fingerprint density at radius 3 is 2.73 bits per heavy atom. The van der Waals surface area contributed by atoms with Gasteiger partial charge in [0.05, 0.1) is 5.69 Å². The molecule has 2 aromatic carbocycles. The lowest BCUT2D eigenvalue weighted by atomic mass is 10.1. The standard InChI is InChI=1S/C17H18BrNO2S/c1-11-7-8-15(12(2)9-11)21-10-13-5-4-6-14(18)16(13)19-17(20)22-3/h4-9H,10H2,1-3H3,(H,19,20). The molecule has 0 aromatic heterocycles. The molecule has 0 aliphatic rings. The van der Waals surface area contributed by atoms with E-state index in [1.807, 2.05) is 37.3 Å². The van der Waals surface area contributed by atoms with Crippen LogP contribution in [0.5, 0.6) is 5.75 Å². The Morgan fingerprint density at radius 2 is 2.05 bits per heavy atom. The Labute approximate surface area is 143 Å². The van der Waals surface area contributed by atoms with Crippen LogP contribution in [-0.2, 0) is 6.61 Å². The van der Waals surface area contributed by atoms with Crippen LogP contribution in [0, 0.1) is 13.8 Å². The van der Waals surface area contributed by atoms with Crippen LogP contribution in [0.25, 0.3) is 0 Å². The maximum atomic E-state index is 11.6. The number of thioether (sulfide) groups is 1. The molecular formula is C17H18BrNO2S. The smallest absolute Gasteiger partial charge is 0.283 e. The largest absolute Gasteiger partial charge is 0.489 e. The number of rotatable bonds is 4. The molecule has 116 valence electrons. The maximum Gasteiger partial charge on any atom is 0.283 e. The summed E-state index contributed by atoms with van der Waals surface area (Å²) in [6, 6.07) is 11.9. The summed E-state index contributed by atoms with van der Waals surface area (Å²) in [6.45, 7) is 4.48. The number of hydrogen-bond acceptors (Lipinski definition) is 3. The predicted molar refractivity (Wildman–Crippen MR) is 96.9 cm³/mol. The minimum absolute atomic E-state index is 0.0975. The number of anilines is 1. The fourth-order valence-corrected chi connectivity index (χ4v) is 2.81. The highest BCUT2D eigenvalue weighted by molar-refractivity contribution is 9.10. The molecule has 5 heteroatoms. The Morgan fingerprint density at radius 1 is 1.27 bits per heavy atom. The zero-order valence-electron chi connectivity index (χ0n) is 12.8. The molecular weight excluding hydrogens is 362 g/mol. The summed E-state index contributed by atoms with van der Waals surface area (Å²) in [4.78, 5) is 11.6. The van der Waals surface area contributed by atoms with Crippen molar-refractivity contribution < 1.29 is 9.53 Å². The monoisotopic (exact) mass is 379 g/mol. The molecule has 1 amide bonds. The number of halogens is 1. The summed E-state index contributed by atoms with van der Waals surface area (Å²) in [7, 11) is 0. The van der Waals surface area contributed by atoms with Crippen molar-refractivity contribution in [2.75, 3.05) is 11.6 Å². The lowest BCUT2D eigenvalue weighted by Gasteiger charge is -2.14. The Balaban J connectivity index is 2.18. The Kier molecular flexibility index (Phi) is 5.91. The minimum Gasteiger partial charge on any atom is -0.489 e. The van der Waals surface area contributed by atoms with E-state index in [2.05, 4.69) is 34.2 Å². The molecule has 0 spiro atoms. The fourth-order valence-electron chi connectivity index (χ4n) is 2.10. The van der Waals surface area contributed by atoms with E-state index in [-0.39, 0.29) is 5.24 Å². The molecule has 0 unspecified atom stereocenters. The Bertz CT molecular complexity index is 688. The van der Waals surface area contributed by atoms with Crippen molar-refractivity contribution in [3.8, 4) is 5.75 Å². The first-order chi connectivity index (χ1) is 10.5. The van der Waals surface area contributed by atoms with Gasteiger partial charge in [0.25, 0.3) is 5.24 Å². The molecule has 0 radical (unpaired) electrons. The van der Waals surface area contributed by atoms with Gasteiger partial charge >= 0.3 is 0 Å². The van der Waals surface area contributed by atoms with Crippen LogP contribution in [0.15, 0.2) is 40.9 Å². The molecule has 1 N–H and O–H groups in total. The van der Waals surface area contributed by atoms with E-state index in [0.717, 1.165) is 38.8 Å². The van der Waals surface area contributed by atoms with Crippen LogP contribution in [0.3, 0.4) is 0 Å². The number of carbonyl (C=O) groups excluding carboxylic acids is 1. The number of benzene rings is 2. The van der Waals surface area contributed by atoms with Crippen molar-refractivity contribution in [2.45, 2.75) is 20.5 Å². The topological polar surface area (TPSA) is 38.3 Å². The summed E-state index contributed by atoms with van der Waals surface area (Å²) in [5, 5.41) is 2.79. The summed E-state index contributed by atoms with van der Waals surface area (Å²) in [6.07, 6.45) is 1.75. The zero-order chi connectivity index (χ0) is 16.1. The average molecular weight is 380 g/mol. The van der Waals surface area contributed by atoms with Gasteiger partial charge in [-0.05, 0) is 53.7 Å². The van der Waals surface area contributed by atoms with Crippen molar-refractivity contribution in [1.29, 1.82) is 0 Å². The molecule has 0 fully saturated rings. The van der Waals surface area contributed by atoms with Crippen molar-refractivity contribution >= 4 is 38.6 Å². The van der Waals surface area contributed by atoms with Crippen LogP contribution in [0.4, 0.5) is 10.5 Å². The summed E-state index contributed by atoms with van der Waals surface area (Å²) in [5.41, 5.74) is 3.99. The third kappa shape index (κ3) is 4.27. The van der Waals surface area contributed by atoms with Crippen molar-refractivity contribution in [3.63, 3.8) is 0 Å². The molecule has 0 bridgehead atoms. The molecule has 0 atom stereocenters. The first-order valence-corrected chi connectivity index (χ1v) is 8.85. The van der Waals surface area contributed by atoms with Crippen LogP contribution in [0.2, 0.25) is 0 Å². The number of para-hydroxylation sites is 1. The molecule has 0 heterocycles. The summed E-state index contributed by atoms with van der Waals surface area (Å²) < 4.78 is 6.75. The number of ether oxygens (including phenoxy) is 1. The third-order valence-corrected chi connectivity index (χ3v) is 4.36. The first kappa shape index (κ1) is 16.9. The van der Waals surface area contributed by atoms with Gasteiger partial charge in [0, 0.05) is 10.0 Å². The van der Waals surface area contributed by atoms with Crippen LogP contribution < -0.4 is 10.1 Å². The van der Waals surface area contributed by atoms with E-state index in [4.69, 9.17) is 4.74 Å². The van der Waals surface area contributed by atoms with Gasteiger partial charge in [-0.25, -0.2) is 0 Å². The highest BCUT2D eigenvalue weighted by atomic mass is 79.9. The van der Waals surface area contributed by atoms with Gasteiger partial charge in [-0.3, -0.25) is 4.79 Å². The second kappa shape index (κ2) is 7.70. The lowest BCUT2D eigenvalue weighted by Crippen LogP contribution is -2.09. The first-order valence-electron chi connectivity index (χ1n) is 6.83. The lowest BCUT2D eigenvalue weighted by molar-refractivity contribution is 0.269. The zero-order valence-corrected chi connectivity index (χ0v) is 15.2. The predicted octanol–water partition coefficient (Wildman–Crippen LogP) is 5.54. The van der Waals surface area contributed by atoms with E-state index in [0.29, 0.717) is 6.61 Å². The molecule has 0 saturated carbocycles. The van der Waals surface area contributed by atoms with Crippen LogP contribution in [-0.4, -0.2) is 11.5 Å². The van der Waals surface area contributed by atoms with Gasteiger partial charge in [0.1, 0.15) is 12.4 Å². The van der Waals surface area contributed by atoms with Gasteiger partial charge in [0.2, 0.25) is 0 Å². The van der Waals surface area contributed by atoms with E-state index >= 15 is 0 Å². The number of hydrogen-bond donors (Lipinski definition) is 1. The van der Waals surface area contributed by atoms with Gasteiger partial charge in [-0.2, -0.15) is 0 Å². The van der Waals surface area contributed by atoms with Crippen molar-refractivity contribution in [3.05, 3.63) is 57.6 Å². The van der Waals surface area contributed by atoms with E-state index in [9.17, 15) is 4.79 Å². The van der Waals surface area contributed by atoms with Crippen molar-refractivity contribution in [2.24, 2.45) is 0 Å². The molecule has 3 nitrogen and oxygen atoms in total. The quantitative estimate of drug-likeness (QED) is 0.757. The molecule has 2 rings (SSSR count). The molecule has 0 aliphatic carbocycles. The Hall–Kier alpha value is -1.46. The second-order valence-electron chi connectivity index (χ2n) is 4.95. The second-order valence-corrected chi connectivity index (χ2v) is 6.58. The molecule has 0 aliphatic heterocycles. The summed E-state index contributed by atoms with van der Waals surface area (Å²) in [5.74, 6) is 0.854. The number of amides is 1. The van der Waals surface area contributed by atoms with Crippen LogP contribution in [0.1, 0.15) is 16.7 Å². The van der Waals surface area contributed by atoms with Crippen LogP contribution >= 0.6 is 27.7 Å². The minimum atomic E-state index is -0.0975. The third-order valence-electron chi connectivity index (χ3n) is 3.23. The van der Waals surface area contributed by atoms with Gasteiger partial charge in [0.15, 0.2) is 0 Å². The number of nitrogens with one attached hydrogen (secondary N) is 1. The normalized spacial score (nSPS) is 10.4. The van der Waals surface area contributed by atoms with Crippen molar-refractivity contribution in [1.82, 2.24) is 0 Å². The SMILES string of the molecule is CSC(=O)Nc1c(Br)cccc1COc1ccc(C)cc1C. The molecule has 22 heavy (non-hydrogen) atoms. The average Bonchev–Trinajstić information content (AvgIpc) is 2.49. The van der Waals surface area contributed by atoms with Gasteiger partial charge in [-0.1, -0.05) is 41.6 Å². The highest BCUT2D eigenvalue weighted by Crippen LogP contribution is 2.29. The maximum absolute atomic E-state index is 11.6. The fraction of sp³-hybridized carbons (Fsp3) is 0.235. The molecule has 0 saturated heterocycles. The van der Waals surface area contributed by atoms with Gasteiger partial charge < -0.3 is 10.1 Å². The van der Waals surface area contributed by atoms with E-state index in [1.165, 1.54) is 5.56 Å². The van der Waals surface area contributed by atoms with E-state index < -0.39 is 0 Å². The summed E-state index contributed by atoms with van der Waals surface area (Å²) >= 11 is 4.62. The van der Waals surface area contributed by atoms with Gasteiger partial charge in [-0.15, -0.1) is 0 Å². The highest BCUT2D eigenvalue weighted by Gasteiger charge is 2.11. The number of carbonyl (C=O) groups is 1. The molecule has 2 aromatic rings. The van der Waals surface area contributed by atoms with E-state index in [1.54, 1.807) is 6.26 Å².